The highest BCUT2D eigenvalue weighted by molar-refractivity contribution is 5.63. The van der Waals surface area contributed by atoms with E-state index >= 15 is 0 Å². The first-order chi connectivity index (χ1) is 9.31. The van der Waals surface area contributed by atoms with Crippen LogP contribution in [0.1, 0.15) is 12.8 Å². The summed E-state index contributed by atoms with van der Waals surface area (Å²) in [6, 6.07) is 0.428. The number of hydrogen-bond donors (Lipinski definition) is 3. The van der Waals surface area contributed by atoms with Gasteiger partial charge in [0.05, 0.1) is 7.11 Å². The molecule has 0 saturated carbocycles. The van der Waals surface area contributed by atoms with Crippen molar-refractivity contribution in [1.29, 1.82) is 0 Å². The summed E-state index contributed by atoms with van der Waals surface area (Å²) in [5.41, 5.74) is 2.53. The van der Waals surface area contributed by atoms with Gasteiger partial charge in [-0.3, -0.25) is 0 Å². The number of hydrazine groups is 1. The highest BCUT2D eigenvalue weighted by Gasteiger charge is 2.34. The first-order valence-electron chi connectivity index (χ1n) is 6.66. The van der Waals surface area contributed by atoms with E-state index < -0.39 is 0 Å². The van der Waals surface area contributed by atoms with E-state index in [1.807, 2.05) is 0 Å². The fourth-order valence-electron chi connectivity index (χ4n) is 3.08. The van der Waals surface area contributed by atoms with Crippen LogP contribution in [0.3, 0.4) is 0 Å². The Bertz CT molecular complexity index is 446. The third-order valence-corrected chi connectivity index (χ3v) is 4.12. The van der Waals surface area contributed by atoms with Crippen LogP contribution in [0.25, 0.3) is 0 Å². The molecule has 3 fully saturated rings. The molecule has 1 atom stereocenters. The largest absolute Gasteiger partial charge is 0.490 e. The molecule has 0 radical (unpaired) electrons. The Morgan fingerprint density at radius 1 is 1.32 bits per heavy atom. The van der Waals surface area contributed by atoms with Crippen LogP contribution in [-0.2, 0) is 0 Å². The summed E-state index contributed by atoms with van der Waals surface area (Å²) >= 11 is 0. The summed E-state index contributed by atoms with van der Waals surface area (Å²) in [5, 5.41) is 3.49. The van der Waals surface area contributed by atoms with Gasteiger partial charge in [0.1, 0.15) is 6.33 Å². The third-order valence-electron chi connectivity index (χ3n) is 4.12. The Labute approximate surface area is 112 Å². The van der Waals surface area contributed by atoms with E-state index in [1.165, 1.54) is 32.3 Å². The number of ether oxygens (including phenoxy) is 1. The molecule has 4 N–H and O–H groups in total. The van der Waals surface area contributed by atoms with Gasteiger partial charge in [0.25, 0.3) is 0 Å². The molecular formula is C12H20N6O. The molecule has 0 aliphatic carbocycles. The molecule has 3 saturated heterocycles. The Kier molecular flexibility index (Phi) is 3.39. The quantitative estimate of drug-likeness (QED) is 0.531. The maximum absolute atomic E-state index is 5.43. The van der Waals surface area contributed by atoms with Crippen molar-refractivity contribution in [2.24, 2.45) is 11.8 Å². The zero-order valence-electron chi connectivity index (χ0n) is 11.1. The van der Waals surface area contributed by atoms with Gasteiger partial charge in [-0.15, -0.1) is 0 Å². The molecule has 4 heterocycles. The number of fused-ring (bicyclic) bond motifs is 3. The van der Waals surface area contributed by atoms with Gasteiger partial charge in [0, 0.05) is 12.6 Å². The van der Waals surface area contributed by atoms with Gasteiger partial charge in [-0.05, 0) is 31.8 Å². The molecule has 19 heavy (non-hydrogen) atoms. The van der Waals surface area contributed by atoms with E-state index in [-0.39, 0.29) is 0 Å². The van der Waals surface area contributed by atoms with Gasteiger partial charge in [-0.1, -0.05) is 0 Å². The topological polar surface area (TPSA) is 88.3 Å². The monoisotopic (exact) mass is 264 g/mol. The second-order valence-corrected chi connectivity index (χ2v) is 5.14. The van der Waals surface area contributed by atoms with Crippen molar-refractivity contribution < 1.29 is 4.74 Å². The van der Waals surface area contributed by atoms with Gasteiger partial charge in [0.15, 0.2) is 11.6 Å². The summed E-state index contributed by atoms with van der Waals surface area (Å²) in [6.45, 7) is 3.52. The molecular weight excluding hydrogens is 244 g/mol. The van der Waals surface area contributed by atoms with Crippen molar-refractivity contribution in [1.82, 2.24) is 14.9 Å². The number of nitrogens with zero attached hydrogens (tertiary/aromatic N) is 3. The number of aromatic nitrogens is 2. The lowest BCUT2D eigenvalue weighted by atomic mass is 9.84. The lowest BCUT2D eigenvalue weighted by Gasteiger charge is -2.45. The third kappa shape index (κ3) is 2.31. The molecule has 1 aromatic heterocycles. The lowest BCUT2D eigenvalue weighted by molar-refractivity contribution is 0.0972. The number of nitrogens with two attached hydrogens (primary N) is 1. The predicted octanol–water partition coefficient (Wildman–Crippen LogP) is 0.277. The molecule has 7 nitrogen and oxygen atoms in total. The Hall–Kier alpha value is -1.60. The second-order valence-electron chi connectivity index (χ2n) is 5.14. The Morgan fingerprint density at radius 3 is 2.63 bits per heavy atom. The van der Waals surface area contributed by atoms with E-state index in [4.69, 9.17) is 10.6 Å². The summed E-state index contributed by atoms with van der Waals surface area (Å²) in [5.74, 6) is 7.94. The normalized spacial score (nSPS) is 29.1. The maximum atomic E-state index is 5.43. The van der Waals surface area contributed by atoms with Gasteiger partial charge >= 0.3 is 0 Å². The predicted molar refractivity (Wildman–Crippen MR) is 73.0 cm³/mol. The first-order valence-corrected chi connectivity index (χ1v) is 6.66. The average molecular weight is 264 g/mol. The lowest BCUT2D eigenvalue weighted by Crippen LogP contribution is -2.53. The minimum absolute atomic E-state index is 0.428. The Morgan fingerprint density at radius 2 is 2.05 bits per heavy atom. The number of methoxy groups -OCH3 is 1. The summed E-state index contributed by atoms with van der Waals surface area (Å²) < 4.78 is 5.35. The van der Waals surface area contributed by atoms with Gasteiger partial charge in [-0.25, -0.2) is 15.8 Å². The van der Waals surface area contributed by atoms with Crippen LogP contribution in [0.4, 0.5) is 11.6 Å². The molecule has 3 aliphatic rings. The molecule has 0 amide bonds. The van der Waals surface area contributed by atoms with E-state index in [2.05, 4.69) is 25.6 Å². The zero-order chi connectivity index (χ0) is 13.2. The number of piperidine rings is 3. The standard InChI is InChI=1S/C12H20N6O/c1-19-10-11(14-7-15-12(10)17-13)16-9-6-18-4-2-8(9)3-5-18/h7-9H,2-6,13H2,1H3,(H2,14,15,16,17). The van der Waals surface area contributed by atoms with Crippen molar-refractivity contribution in [3.63, 3.8) is 0 Å². The minimum Gasteiger partial charge on any atom is -0.490 e. The molecule has 2 bridgehead atoms. The van der Waals surface area contributed by atoms with Crippen LogP contribution in [-0.4, -0.2) is 47.7 Å². The number of nitrogen functional groups attached to an aromatic ring is 1. The Balaban J connectivity index is 1.79. The first kappa shape index (κ1) is 12.4. The molecule has 4 rings (SSSR count). The molecule has 1 aromatic rings. The van der Waals surface area contributed by atoms with Crippen LogP contribution >= 0.6 is 0 Å². The molecule has 3 aliphatic heterocycles. The van der Waals surface area contributed by atoms with Crippen LogP contribution in [0.15, 0.2) is 6.33 Å². The summed E-state index contributed by atoms with van der Waals surface area (Å²) in [6.07, 6.45) is 4.00. The highest BCUT2D eigenvalue weighted by Crippen LogP contribution is 2.33. The second kappa shape index (κ2) is 5.18. The van der Waals surface area contributed by atoms with Gasteiger partial charge < -0.3 is 20.4 Å². The van der Waals surface area contributed by atoms with E-state index in [0.717, 1.165) is 12.5 Å². The average Bonchev–Trinajstić information content (AvgIpc) is 2.48. The summed E-state index contributed by atoms with van der Waals surface area (Å²) in [7, 11) is 1.60. The number of rotatable bonds is 4. The molecule has 0 spiro atoms. The SMILES string of the molecule is COc1c(NN)ncnc1NC1CN2CCC1CC2. The van der Waals surface area contributed by atoms with Crippen LogP contribution in [0.5, 0.6) is 5.75 Å². The van der Waals surface area contributed by atoms with Crippen LogP contribution in [0, 0.1) is 5.92 Å². The van der Waals surface area contributed by atoms with E-state index in [1.54, 1.807) is 7.11 Å². The maximum Gasteiger partial charge on any atom is 0.205 e. The van der Waals surface area contributed by atoms with Crippen molar-refractivity contribution in [2.45, 2.75) is 18.9 Å². The van der Waals surface area contributed by atoms with Gasteiger partial charge in [0.2, 0.25) is 5.75 Å². The molecule has 1 unspecified atom stereocenters. The summed E-state index contributed by atoms with van der Waals surface area (Å²) in [4.78, 5) is 10.8. The van der Waals surface area contributed by atoms with Crippen LogP contribution in [0.2, 0.25) is 0 Å². The van der Waals surface area contributed by atoms with Crippen molar-refractivity contribution >= 4 is 11.6 Å². The molecule has 0 aromatic carbocycles. The van der Waals surface area contributed by atoms with Crippen molar-refractivity contribution in [2.75, 3.05) is 37.5 Å². The molecule has 104 valence electrons. The minimum atomic E-state index is 0.428. The fraction of sp³-hybridized carbons (Fsp3) is 0.667. The van der Waals surface area contributed by atoms with Crippen molar-refractivity contribution in [3.8, 4) is 5.75 Å². The fourth-order valence-corrected chi connectivity index (χ4v) is 3.08. The number of nitrogens with one attached hydrogen (secondary N) is 2. The highest BCUT2D eigenvalue weighted by atomic mass is 16.5. The smallest absolute Gasteiger partial charge is 0.205 e. The van der Waals surface area contributed by atoms with Crippen molar-refractivity contribution in [3.05, 3.63) is 6.33 Å². The van der Waals surface area contributed by atoms with Gasteiger partial charge in [-0.2, -0.15) is 0 Å². The zero-order valence-corrected chi connectivity index (χ0v) is 11.1. The molecule has 7 heteroatoms. The van der Waals surface area contributed by atoms with E-state index in [9.17, 15) is 0 Å². The van der Waals surface area contributed by atoms with E-state index in [0.29, 0.717) is 23.4 Å². The number of anilines is 2. The number of hydrogen-bond acceptors (Lipinski definition) is 7. The van der Waals surface area contributed by atoms with Crippen LogP contribution < -0.4 is 21.3 Å².